The fourth-order valence-electron chi connectivity index (χ4n) is 7.12. The van der Waals surface area contributed by atoms with Crippen LogP contribution in [0.2, 0.25) is 0 Å². The molecule has 234 valence electrons. The Bertz CT molecular complexity index is 1970. The molecule has 0 aliphatic carbocycles. The van der Waals surface area contributed by atoms with E-state index in [1.54, 1.807) is 0 Å². The molecule has 45 heavy (non-hydrogen) atoms. The van der Waals surface area contributed by atoms with E-state index in [4.69, 9.17) is 15.6 Å². The van der Waals surface area contributed by atoms with E-state index in [1.807, 2.05) is 4.90 Å². The third-order valence-electron chi connectivity index (χ3n) is 9.31. The van der Waals surface area contributed by atoms with E-state index in [-0.39, 0.29) is 88.9 Å². The molecule has 0 spiro atoms. The van der Waals surface area contributed by atoms with Crippen molar-refractivity contribution in [1.82, 2.24) is 14.9 Å². The summed E-state index contributed by atoms with van der Waals surface area (Å²) in [6.07, 6.45) is 1.59. The summed E-state index contributed by atoms with van der Waals surface area (Å²) < 4.78 is 82.6. The van der Waals surface area contributed by atoms with Crippen LogP contribution in [0, 0.1) is 25.1 Å². The first kappa shape index (κ1) is 29.3. The molecule has 13 heteroatoms. The number of hydrogen-bond donors (Lipinski definition) is 1. The fourth-order valence-corrected chi connectivity index (χ4v) is 7.12. The van der Waals surface area contributed by atoms with Crippen LogP contribution in [0.25, 0.3) is 33.0 Å². The Kier molecular flexibility index (Phi) is 6.70. The topological polar surface area (TPSA) is 91.9 Å². The van der Waals surface area contributed by atoms with E-state index < -0.39 is 35.4 Å². The van der Waals surface area contributed by atoms with Crippen LogP contribution in [0.1, 0.15) is 36.8 Å². The van der Waals surface area contributed by atoms with Crippen LogP contribution in [0.4, 0.5) is 27.8 Å². The van der Waals surface area contributed by atoms with Crippen molar-refractivity contribution in [2.45, 2.75) is 56.5 Å². The van der Waals surface area contributed by atoms with Gasteiger partial charge in [-0.15, -0.1) is 6.42 Å². The SMILES string of the molecule is C#Cc1c(F)ccc2cc(O)cc(-c3oc(=O)c4c(N5CC[C@H]5C(F)(F)F)nc(OC[C@@]56CCCN5C[C@H](F)C6)nc4c3C)c12. The van der Waals surface area contributed by atoms with E-state index >= 15 is 0 Å². The number of nitrogens with zero attached hydrogens (tertiary/aromatic N) is 4. The number of benzene rings is 2. The molecule has 2 aromatic heterocycles. The van der Waals surface area contributed by atoms with Crippen LogP contribution >= 0.6 is 0 Å². The second-order valence-electron chi connectivity index (χ2n) is 12.0. The van der Waals surface area contributed by atoms with Gasteiger partial charge in [0.1, 0.15) is 41.5 Å². The van der Waals surface area contributed by atoms with Gasteiger partial charge in [-0.2, -0.15) is 23.1 Å². The van der Waals surface area contributed by atoms with Crippen molar-refractivity contribution in [2.75, 3.05) is 31.1 Å². The molecular formula is C32H27F5N4O4. The van der Waals surface area contributed by atoms with Gasteiger partial charge < -0.3 is 19.2 Å². The first-order chi connectivity index (χ1) is 21.4. The average molecular weight is 627 g/mol. The fraction of sp³-hybridized carbons (Fsp3) is 0.406. The monoisotopic (exact) mass is 626 g/mol. The van der Waals surface area contributed by atoms with Gasteiger partial charge in [0.15, 0.2) is 5.82 Å². The van der Waals surface area contributed by atoms with E-state index in [9.17, 15) is 31.9 Å². The quantitative estimate of drug-likeness (QED) is 0.225. The van der Waals surface area contributed by atoms with Gasteiger partial charge in [-0.1, -0.05) is 12.0 Å². The summed E-state index contributed by atoms with van der Waals surface area (Å²) in [6.45, 7) is 2.49. The number of halogens is 5. The second-order valence-corrected chi connectivity index (χ2v) is 12.0. The Morgan fingerprint density at radius 3 is 2.73 bits per heavy atom. The van der Waals surface area contributed by atoms with Crippen molar-refractivity contribution in [3.05, 3.63) is 51.6 Å². The van der Waals surface area contributed by atoms with Crippen molar-refractivity contribution >= 4 is 27.5 Å². The van der Waals surface area contributed by atoms with Gasteiger partial charge >= 0.3 is 17.8 Å². The average Bonchev–Trinajstić information content (AvgIpc) is 3.47. The molecule has 5 heterocycles. The number of anilines is 1. The third kappa shape index (κ3) is 4.65. The summed E-state index contributed by atoms with van der Waals surface area (Å²) in [4.78, 5) is 25.4. The predicted octanol–water partition coefficient (Wildman–Crippen LogP) is 5.63. The molecule has 0 amide bonds. The van der Waals surface area contributed by atoms with E-state index in [0.717, 1.165) is 17.4 Å². The number of terminal acetylenes is 1. The maximum atomic E-state index is 14.8. The molecular weight excluding hydrogens is 599 g/mol. The number of ether oxygens (including phenoxy) is 1. The van der Waals surface area contributed by atoms with E-state index in [1.165, 1.54) is 25.1 Å². The highest BCUT2D eigenvalue weighted by molar-refractivity contribution is 6.03. The molecule has 3 saturated heterocycles. The summed E-state index contributed by atoms with van der Waals surface area (Å²) in [5.41, 5.74) is -1.50. The van der Waals surface area contributed by atoms with Crippen molar-refractivity contribution in [3.8, 4) is 35.4 Å². The molecule has 3 aliphatic rings. The van der Waals surface area contributed by atoms with Crippen LogP contribution in [0.3, 0.4) is 0 Å². The minimum Gasteiger partial charge on any atom is -0.508 e. The van der Waals surface area contributed by atoms with Crippen molar-refractivity contribution in [1.29, 1.82) is 0 Å². The molecule has 0 saturated carbocycles. The maximum absolute atomic E-state index is 14.8. The van der Waals surface area contributed by atoms with Crippen molar-refractivity contribution in [3.63, 3.8) is 0 Å². The van der Waals surface area contributed by atoms with Crippen LogP contribution in [0.15, 0.2) is 33.5 Å². The van der Waals surface area contributed by atoms with Gasteiger partial charge in [0.05, 0.1) is 16.6 Å². The first-order valence-corrected chi connectivity index (χ1v) is 14.5. The Balaban J connectivity index is 1.43. The summed E-state index contributed by atoms with van der Waals surface area (Å²) in [5.74, 6) is 0.964. The van der Waals surface area contributed by atoms with E-state index in [2.05, 4.69) is 15.9 Å². The van der Waals surface area contributed by atoms with Crippen molar-refractivity contribution < 1.29 is 36.2 Å². The molecule has 2 aromatic carbocycles. The lowest BCUT2D eigenvalue weighted by atomic mass is 9.94. The molecule has 0 bridgehead atoms. The maximum Gasteiger partial charge on any atom is 0.408 e. The number of hydrogen-bond acceptors (Lipinski definition) is 8. The number of rotatable bonds is 5. The van der Waals surface area contributed by atoms with Gasteiger partial charge in [0, 0.05) is 36.0 Å². The number of aromatic hydroxyl groups is 1. The zero-order valence-electron chi connectivity index (χ0n) is 24.0. The molecule has 3 atom stereocenters. The number of phenols is 1. The van der Waals surface area contributed by atoms with Gasteiger partial charge in [-0.3, -0.25) is 4.90 Å². The highest BCUT2D eigenvalue weighted by Crippen LogP contribution is 2.43. The molecule has 3 aliphatic heterocycles. The highest BCUT2D eigenvalue weighted by Gasteiger charge is 2.51. The number of fused-ring (bicyclic) bond motifs is 3. The third-order valence-corrected chi connectivity index (χ3v) is 9.31. The normalized spacial score (nSPS) is 23.4. The minimum atomic E-state index is -4.59. The van der Waals surface area contributed by atoms with Crippen LogP contribution in [-0.2, 0) is 0 Å². The lowest BCUT2D eigenvalue weighted by Gasteiger charge is -2.42. The van der Waals surface area contributed by atoms with E-state index in [0.29, 0.717) is 18.4 Å². The number of alkyl halides is 4. The first-order valence-electron chi connectivity index (χ1n) is 14.5. The van der Waals surface area contributed by atoms with Crippen LogP contribution in [0.5, 0.6) is 11.8 Å². The number of aromatic nitrogens is 2. The summed E-state index contributed by atoms with van der Waals surface area (Å²) >= 11 is 0. The Labute approximate surface area is 253 Å². The second kappa shape index (κ2) is 10.3. The number of phenolic OH excluding ortho intramolecular Hbond substituents is 1. The number of aryl methyl sites for hydroxylation is 1. The summed E-state index contributed by atoms with van der Waals surface area (Å²) in [5, 5.41) is 10.8. The molecule has 8 nitrogen and oxygen atoms in total. The molecule has 4 aromatic rings. The predicted molar refractivity (Wildman–Crippen MR) is 156 cm³/mol. The van der Waals surface area contributed by atoms with Gasteiger partial charge in [0.25, 0.3) is 0 Å². The van der Waals surface area contributed by atoms with Crippen molar-refractivity contribution in [2.24, 2.45) is 0 Å². The summed E-state index contributed by atoms with van der Waals surface area (Å²) in [6, 6.07) is 3.04. The van der Waals surface area contributed by atoms with Crippen LogP contribution in [-0.4, -0.2) is 70.1 Å². The van der Waals surface area contributed by atoms with Gasteiger partial charge in [-0.05, 0) is 56.3 Å². The molecule has 7 rings (SSSR count). The standard InChI is InChI=1S/C32H27F5N4O4/c1-3-20-22(34)6-5-17-11-19(42)12-21(24(17)20)27-16(2)26-25(29(43)45-27)28(41-10-7-23(41)32(35,36)37)39-30(38-26)44-15-31-8-4-9-40(31)14-18(33)13-31/h1,5-6,11-12,18,23,42H,4,7-10,13-15H2,2H3/t18-,23+,31+/m1/s1. The Morgan fingerprint density at radius 1 is 1.22 bits per heavy atom. The van der Waals surface area contributed by atoms with Gasteiger partial charge in [-0.25, -0.2) is 13.6 Å². The Morgan fingerprint density at radius 2 is 2.02 bits per heavy atom. The molecule has 0 radical (unpaired) electrons. The molecule has 3 fully saturated rings. The molecule has 1 N–H and O–H groups in total. The minimum absolute atomic E-state index is 0.0103. The highest BCUT2D eigenvalue weighted by atomic mass is 19.4. The zero-order valence-corrected chi connectivity index (χ0v) is 24.0. The van der Waals surface area contributed by atoms with Gasteiger partial charge in [0.2, 0.25) is 0 Å². The Hall–Kier alpha value is -4.44. The molecule has 0 unspecified atom stereocenters. The lowest BCUT2D eigenvalue weighted by Crippen LogP contribution is -2.56. The largest absolute Gasteiger partial charge is 0.508 e. The van der Waals surface area contributed by atoms with Crippen LogP contribution < -0.4 is 15.3 Å². The smallest absolute Gasteiger partial charge is 0.408 e. The zero-order chi connectivity index (χ0) is 31.8. The lowest BCUT2D eigenvalue weighted by molar-refractivity contribution is -0.159. The summed E-state index contributed by atoms with van der Waals surface area (Å²) in [7, 11) is 0.